The molecule has 0 radical (unpaired) electrons. The Morgan fingerprint density at radius 1 is 0.944 bits per heavy atom. The summed E-state index contributed by atoms with van der Waals surface area (Å²) in [6.45, 7) is 6.93. The molecule has 0 spiro atoms. The third-order valence-corrected chi connectivity index (χ3v) is 7.06. The van der Waals surface area contributed by atoms with E-state index in [-0.39, 0.29) is 24.1 Å². The maximum absolute atomic E-state index is 13.4. The van der Waals surface area contributed by atoms with Crippen LogP contribution in [0, 0.1) is 13.8 Å². The van der Waals surface area contributed by atoms with Crippen LogP contribution < -0.4 is 14.5 Å². The molecular formula is C29H28ClN3O3. The average molecular weight is 502 g/mol. The molecule has 0 aliphatic carbocycles. The molecule has 2 heterocycles. The lowest BCUT2D eigenvalue weighted by Gasteiger charge is -2.38. The number of carbonyl (C=O) groups is 2. The van der Waals surface area contributed by atoms with E-state index in [2.05, 4.69) is 36.9 Å². The summed E-state index contributed by atoms with van der Waals surface area (Å²) in [5.74, 6) is 0.264. The lowest BCUT2D eigenvalue weighted by molar-refractivity contribution is -0.131. The Bertz CT molecular complexity index is 1350. The predicted molar refractivity (Wildman–Crippen MR) is 144 cm³/mol. The molecule has 5 rings (SSSR count). The SMILES string of the molecule is Cc1cccc(N2CCN(C(=O)CN3C(=O)C(=Cc4cccc(Cl)c4)Oc4ccccc43)CC2)c1C. The molecule has 1 fully saturated rings. The van der Waals surface area contributed by atoms with E-state index in [1.165, 1.54) is 21.7 Å². The van der Waals surface area contributed by atoms with Crippen LogP contribution in [0.3, 0.4) is 0 Å². The molecule has 0 atom stereocenters. The lowest BCUT2D eigenvalue weighted by Crippen LogP contribution is -2.52. The number of hydrogen-bond acceptors (Lipinski definition) is 4. The van der Waals surface area contributed by atoms with Gasteiger partial charge < -0.3 is 14.5 Å². The molecule has 0 unspecified atom stereocenters. The Hall–Kier alpha value is -3.77. The van der Waals surface area contributed by atoms with Crippen molar-refractivity contribution in [2.24, 2.45) is 0 Å². The van der Waals surface area contributed by atoms with Crippen molar-refractivity contribution in [3.63, 3.8) is 0 Å². The van der Waals surface area contributed by atoms with Gasteiger partial charge in [-0.05, 0) is 66.9 Å². The van der Waals surface area contributed by atoms with Gasteiger partial charge in [-0.15, -0.1) is 0 Å². The first-order valence-electron chi connectivity index (χ1n) is 12.1. The third kappa shape index (κ3) is 4.82. The molecule has 1 saturated heterocycles. The van der Waals surface area contributed by atoms with Crippen LogP contribution in [0.25, 0.3) is 6.08 Å². The second kappa shape index (κ2) is 10.1. The zero-order valence-electron chi connectivity index (χ0n) is 20.4. The van der Waals surface area contributed by atoms with Crippen molar-refractivity contribution in [1.82, 2.24) is 4.90 Å². The molecule has 0 N–H and O–H groups in total. The summed E-state index contributed by atoms with van der Waals surface area (Å²) < 4.78 is 5.92. The Labute approximate surface area is 216 Å². The first-order chi connectivity index (χ1) is 17.4. The number of aryl methyl sites for hydroxylation is 1. The number of benzene rings is 3. The van der Waals surface area contributed by atoms with E-state index in [1.807, 2.05) is 29.2 Å². The largest absolute Gasteiger partial charge is 0.449 e. The molecule has 0 saturated carbocycles. The van der Waals surface area contributed by atoms with Crippen molar-refractivity contribution in [1.29, 1.82) is 0 Å². The Morgan fingerprint density at radius 3 is 2.44 bits per heavy atom. The van der Waals surface area contributed by atoms with Crippen LogP contribution in [0.2, 0.25) is 5.02 Å². The van der Waals surface area contributed by atoms with E-state index in [1.54, 1.807) is 30.3 Å². The van der Waals surface area contributed by atoms with Gasteiger partial charge in [-0.2, -0.15) is 0 Å². The zero-order chi connectivity index (χ0) is 25.2. The van der Waals surface area contributed by atoms with E-state index >= 15 is 0 Å². The Kier molecular flexibility index (Phi) is 6.70. The highest BCUT2D eigenvalue weighted by Gasteiger charge is 2.33. The summed E-state index contributed by atoms with van der Waals surface area (Å²) >= 11 is 6.11. The molecule has 0 aromatic heterocycles. The molecule has 6 nitrogen and oxygen atoms in total. The summed E-state index contributed by atoms with van der Waals surface area (Å²) in [6, 6.07) is 20.8. The van der Waals surface area contributed by atoms with Gasteiger partial charge in [0.1, 0.15) is 6.54 Å². The lowest BCUT2D eigenvalue weighted by atomic mass is 10.1. The number of halogens is 1. The van der Waals surface area contributed by atoms with Crippen molar-refractivity contribution in [3.8, 4) is 5.75 Å². The highest BCUT2D eigenvalue weighted by atomic mass is 35.5. The molecule has 2 amide bonds. The molecule has 184 valence electrons. The van der Waals surface area contributed by atoms with Crippen LogP contribution in [0.4, 0.5) is 11.4 Å². The van der Waals surface area contributed by atoms with E-state index in [9.17, 15) is 9.59 Å². The monoisotopic (exact) mass is 501 g/mol. The van der Waals surface area contributed by atoms with Gasteiger partial charge in [0.05, 0.1) is 5.69 Å². The Morgan fingerprint density at radius 2 is 1.67 bits per heavy atom. The van der Waals surface area contributed by atoms with Crippen LogP contribution in [0.5, 0.6) is 5.75 Å². The van der Waals surface area contributed by atoms with Crippen LogP contribution in [0.1, 0.15) is 16.7 Å². The van der Waals surface area contributed by atoms with Crippen LogP contribution >= 0.6 is 11.6 Å². The second-order valence-electron chi connectivity index (χ2n) is 9.11. The number of anilines is 2. The minimum Gasteiger partial charge on any atom is -0.449 e. The summed E-state index contributed by atoms with van der Waals surface area (Å²) in [6.07, 6.45) is 1.66. The first kappa shape index (κ1) is 23.9. The van der Waals surface area contributed by atoms with E-state index in [0.29, 0.717) is 29.5 Å². The number of piperazine rings is 1. The van der Waals surface area contributed by atoms with Gasteiger partial charge in [-0.25, -0.2) is 0 Å². The highest BCUT2D eigenvalue weighted by Crippen LogP contribution is 2.35. The predicted octanol–water partition coefficient (Wildman–Crippen LogP) is 5.07. The number of para-hydroxylation sites is 2. The molecular weight excluding hydrogens is 474 g/mol. The third-order valence-electron chi connectivity index (χ3n) is 6.82. The summed E-state index contributed by atoms with van der Waals surface area (Å²) in [4.78, 5) is 32.4. The maximum Gasteiger partial charge on any atom is 0.294 e. The number of fused-ring (bicyclic) bond motifs is 1. The fourth-order valence-corrected chi connectivity index (χ4v) is 4.88. The molecule has 0 bridgehead atoms. The zero-order valence-corrected chi connectivity index (χ0v) is 21.2. The minimum absolute atomic E-state index is 0.0461. The summed E-state index contributed by atoms with van der Waals surface area (Å²) in [5.41, 5.74) is 5.09. The fraction of sp³-hybridized carbons (Fsp3) is 0.241. The second-order valence-corrected chi connectivity index (χ2v) is 9.55. The number of ether oxygens (including phenoxy) is 1. The van der Waals surface area contributed by atoms with Gasteiger partial charge in [0.15, 0.2) is 11.5 Å². The van der Waals surface area contributed by atoms with Crippen molar-refractivity contribution in [2.75, 3.05) is 42.5 Å². The first-order valence-corrected chi connectivity index (χ1v) is 12.4. The van der Waals surface area contributed by atoms with Gasteiger partial charge in [0.25, 0.3) is 5.91 Å². The summed E-state index contributed by atoms with van der Waals surface area (Å²) in [5, 5.41) is 0.569. The normalized spacial score (nSPS) is 16.7. The van der Waals surface area contributed by atoms with Gasteiger partial charge in [-0.1, -0.05) is 48.0 Å². The number of amides is 2. The standard InChI is InChI=1S/C29H28ClN3O3/c1-20-7-5-11-24(21(20)2)31-13-15-32(16-14-31)28(34)19-33-25-10-3-4-12-26(25)36-27(29(33)35)18-22-8-6-9-23(30)17-22/h3-12,17-18H,13-16,19H2,1-2H3. The maximum atomic E-state index is 13.4. The van der Waals surface area contributed by atoms with Crippen molar-refractivity contribution in [2.45, 2.75) is 13.8 Å². The number of hydrogen-bond donors (Lipinski definition) is 0. The minimum atomic E-state index is -0.351. The van der Waals surface area contributed by atoms with Gasteiger partial charge in [-0.3, -0.25) is 14.5 Å². The van der Waals surface area contributed by atoms with Crippen molar-refractivity contribution < 1.29 is 14.3 Å². The van der Waals surface area contributed by atoms with Gasteiger partial charge >= 0.3 is 0 Å². The quantitative estimate of drug-likeness (QED) is 0.468. The molecule has 7 heteroatoms. The molecule has 36 heavy (non-hydrogen) atoms. The molecule has 2 aliphatic heterocycles. The van der Waals surface area contributed by atoms with Crippen molar-refractivity contribution >= 4 is 40.9 Å². The topological polar surface area (TPSA) is 53.1 Å². The van der Waals surface area contributed by atoms with Crippen LogP contribution in [-0.4, -0.2) is 49.4 Å². The molecule has 3 aromatic rings. The van der Waals surface area contributed by atoms with Gasteiger partial charge in [0, 0.05) is 36.9 Å². The number of rotatable bonds is 4. The average Bonchev–Trinajstić information content (AvgIpc) is 2.88. The van der Waals surface area contributed by atoms with Crippen LogP contribution in [0.15, 0.2) is 72.5 Å². The van der Waals surface area contributed by atoms with E-state index in [4.69, 9.17) is 16.3 Å². The van der Waals surface area contributed by atoms with E-state index < -0.39 is 0 Å². The number of nitrogens with zero attached hydrogens (tertiary/aromatic N) is 3. The smallest absolute Gasteiger partial charge is 0.294 e. The fourth-order valence-electron chi connectivity index (χ4n) is 4.68. The summed E-state index contributed by atoms with van der Waals surface area (Å²) in [7, 11) is 0. The van der Waals surface area contributed by atoms with Crippen LogP contribution in [-0.2, 0) is 9.59 Å². The Balaban J connectivity index is 1.32. The molecule has 2 aliphatic rings. The van der Waals surface area contributed by atoms with E-state index in [0.717, 1.165) is 18.7 Å². The van der Waals surface area contributed by atoms with Gasteiger partial charge in [0.2, 0.25) is 5.91 Å². The number of carbonyl (C=O) groups excluding carboxylic acids is 2. The molecule has 3 aromatic carbocycles. The van der Waals surface area contributed by atoms with Crippen molar-refractivity contribution in [3.05, 3.63) is 94.2 Å². The highest BCUT2D eigenvalue weighted by molar-refractivity contribution is 6.30.